The van der Waals surface area contributed by atoms with Gasteiger partial charge >= 0.3 is 12.1 Å². The zero-order valence-corrected chi connectivity index (χ0v) is 15.2. The van der Waals surface area contributed by atoms with Crippen molar-refractivity contribution >= 4 is 12.1 Å². The van der Waals surface area contributed by atoms with Crippen LogP contribution in [0.25, 0.3) is 0 Å². The molecule has 0 aromatic heterocycles. The lowest BCUT2D eigenvalue weighted by Crippen LogP contribution is -2.33. The van der Waals surface area contributed by atoms with Crippen LogP contribution in [0.5, 0.6) is 0 Å². The highest BCUT2D eigenvalue weighted by molar-refractivity contribution is 5.78. The van der Waals surface area contributed by atoms with Crippen molar-refractivity contribution in [2.45, 2.75) is 52.7 Å². The third-order valence-electron chi connectivity index (χ3n) is 3.35. The number of hydrogen-bond acceptors (Lipinski definition) is 4. The van der Waals surface area contributed by atoms with Gasteiger partial charge in [-0.05, 0) is 12.0 Å². The van der Waals surface area contributed by atoms with Gasteiger partial charge in [-0.1, -0.05) is 69.4 Å². The first-order valence-electron chi connectivity index (χ1n) is 8.65. The van der Waals surface area contributed by atoms with Crippen LogP contribution in [0.15, 0.2) is 30.3 Å². The molecule has 1 aromatic carbocycles. The maximum atomic E-state index is 11.9. The number of hydrogen-bond donors (Lipinski definition) is 1. The molecule has 0 bridgehead atoms. The molecule has 0 radical (unpaired) electrons. The molecule has 1 N–H and O–H groups in total. The maximum Gasteiger partial charge on any atom is 0.407 e. The predicted molar refractivity (Wildman–Crippen MR) is 96.6 cm³/mol. The fraction of sp³-hybridized carbons (Fsp3) is 0.500. The molecule has 1 rings (SSSR count). The first-order chi connectivity index (χ1) is 12.0. The summed E-state index contributed by atoms with van der Waals surface area (Å²) in [6, 6.07) is 9.32. The van der Waals surface area contributed by atoms with E-state index in [-0.39, 0.29) is 19.1 Å². The lowest BCUT2D eigenvalue weighted by atomic mass is 10.1. The van der Waals surface area contributed by atoms with E-state index in [1.165, 1.54) is 0 Å². The van der Waals surface area contributed by atoms with E-state index in [0.29, 0.717) is 0 Å². The Kier molecular flexibility index (Phi) is 9.84. The molecule has 0 heterocycles. The van der Waals surface area contributed by atoms with E-state index in [1.54, 1.807) is 0 Å². The lowest BCUT2D eigenvalue weighted by molar-refractivity contribution is -0.146. The molecule has 0 spiro atoms. The SMILES string of the molecule is CCCCC#CC(OC(=O)CNC(=O)OCc1ccccc1)C(C)C. The van der Waals surface area contributed by atoms with E-state index >= 15 is 0 Å². The summed E-state index contributed by atoms with van der Waals surface area (Å²) >= 11 is 0. The van der Waals surface area contributed by atoms with Crippen molar-refractivity contribution in [2.24, 2.45) is 5.92 Å². The van der Waals surface area contributed by atoms with Crippen molar-refractivity contribution in [3.63, 3.8) is 0 Å². The van der Waals surface area contributed by atoms with E-state index in [4.69, 9.17) is 9.47 Å². The van der Waals surface area contributed by atoms with Gasteiger partial charge in [-0.15, -0.1) is 0 Å². The number of ether oxygens (including phenoxy) is 2. The zero-order valence-electron chi connectivity index (χ0n) is 15.2. The van der Waals surface area contributed by atoms with Gasteiger partial charge in [0.2, 0.25) is 0 Å². The third-order valence-corrected chi connectivity index (χ3v) is 3.35. The second-order valence-electron chi connectivity index (χ2n) is 5.99. The van der Waals surface area contributed by atoms with E-state index < -0.39 is 18.2 Å². The van der Waals surface area contributed by atoms with Crippen molar-refractivity contribution < 1.29 is 19.1 Å². The summed E-state index contributed by atoms with van der Waals surface area (Å²) < 4.78 is 10.4. The van der Waals surface area contributed by atoms with Gasteiger partial charge < -0.3 is 14.8 Å². The minimum Gasteiger partial charge on any atom is -0.448 e. The molecule has 0 aliphatic heterocycles. The molecular weight excluding hydrogens is 318 g/mol. The molecule has 1 aromatic rings. The number of nitrogens with one attached hydrogen (secondary N) is 1. The van der Waals surface area contributed by atoms with Crippen molar-refractivity contribution in [1.29, 1.82) is 0 Å². The van der Waals surface area contributed by atoms with Crippen LogP contribution in [-0.2, 0) is 20.9 Å². The molecule has 5 nitrogen and oxygen atoms in total. The molecule has 5 heteroatoms. The van der Waals surface area contributed by atoms with Gasteiger partial charge in [0.05, 0.1) is 0 Å². The number of benzene rings is 1. The number of esters is 1. The number of amides is 1. The average molecular weight is 345 g/mol. The number of unbranched alkanes of at least 4 members (excludes halogenated alkanes) is 2. The molecule has 0 saturated carbocycles. The minimum absolute atomic E-state index is 0.0862. The Labute approximate surface area is 150 Å². The van der Waals surface area contributed by atoms with Gasteiger partial charge in [-0.3, -0.25) is 4.79 Å². The van der Waals surface area contributed by atoms with Crippen LogP contribution >= 0.6 is 0 Å². The van der Waals surface area contributed by atoms with Crippen molar-refractivity contribution in [2.75, 3.05) is 6.54 Å². The van der Waals surface area contributed by atoms with E-state index in [0.717, 1.165) is 24.8 Å². The van der Waals surface area contributed by atoms with Gasteiger partial charge in [0.25, 0.3) is 0 Å². The first kappa shape index (κ1) is 20.6. The van der Waals surface area contributed by atoms with Crippen LogP contribution < -0.4 is 5.32 Å². The smallest absolute Gasteiger partial charge is 0.407 e. The molecule has 1 amide bonds. The van der Waals surface area contributed by atoms with Crippen LogP contribution in [0.2, 0.25) is 0 Å². The Morgan fingerprint density at radius 3 is 2.56 bits per heavy atom. The zero-order chi connectivity index (χ0) is 18.5. The number of alkyl carbamates (subject to hydrolysis) is 1. The van der Waals surface area contributed by atoms with Gasteiger partial charge in [0.15, 0.2) is 6.10 Å². The normalized spacial score (nSPS) is 11.2. The van der Waals surface area contributed by atoms with Crippen LogP contribution in [0.3, 0.4) is 0 Å². The molecule has 0 aliphatic carbocycles. The van der Waals surface area contributed by atoms with Gasteiger partial charge in [0, 0.05) is 12.3 Å². The van der Waals surface area contributed by atoms with Crippen molar-refractivity contribution in [3.8, 4) is 11.8 Å². The fourth-order valence-electron chi connectivity index (χ4n) is 1.87. The van der Waals surface area contributed by atoms with E-state index in [9.17, 15) is 9.59 Å². The highest BCUT2D eigenvalue weighted by Crippen LogP contribution is 2.06. The Hall–Kier alpha value is -2.48. The summed E-state index contributed by atoms with van der Waals surface area (Å²) in [7, 11) is 0. The van der Waals surface area contributed by atoms with Gasteiger partial charge in [-0.2, -0.15) is 0 Å². The molecule has 1 atom stereocenters. The average Bonchev–Trinajstić information content (AvgIpc) is 2.61. The quantitative estimate of drug-likeness (QED) is 0.443. The highest BCUT2D eigenvalue weighted by atomic mass is 16.6. The largest absolute Gasteiger partial charge is 0.448 e. The Morgan fingerprint density at radius 2 is 1.92 bits per heavy atom. The lowest BCUT2D eigenvalue weighted by Gasteiger charge is -2.16. The molecule has 1 unspecified atom stereocenters. The molecule has 0 saturated heterocycles. The number of rotatable bonds is 8. The predicted octanol–water partition coefficient (Wildman–Crippen LogP) is 3.67. The second kappa shape index (κ2) is 12.0. The summed E-state index contributed by atoms with van der Waals surface area (Å²) in [4.78, 5) is 23.5. The highest BCUT2D eigenvalue weighted by Gasteiger charge is 2.16. The summed E-state index contributed by atoms with van der Waals surface area (Å²) in [5.41, 5.74) is 0.877. The molecule has 0 fully saturated rings. The minimum atomic E-state index is -0.657. The molecule has 25 heavy (non-hydrogen) atoms. The van der Waals surface area contributed by atoms with Gasteiger partial charge in [-0.25, -0.2) is 4.79 Å². The summed E-state index contributed by atoms with van der Waals surface area (Å²) in [5, 5.41) is 2.39. The molecule has 136 valence electrons. The molecular formula is C20H27NO4. The maximum absolute atomic E-state index is 11.9. The topological polar surface area (TPSA) is 64.6 Å². The van der Waals surface area contributed by atoms with E-state index in [1.807, 2.05) is 44.2 Å². The van der Waals surface area contributed by atoms with Crippen molar-refractivity contribution in [1.82, 2.24) is 5.32 Å². The Morgan fingerprint density at radius 1 is 1.20 bits per heavy atom. The number of carbonyl (C=O) groups is 2. The Bertz CT molecular complexity index is 587. The van der Waals surface area contributed by atoms with Crippen LogP contribution in [0, 0.1) is 17.8 Å². The summed E-state index contributed by atoms with van der Waals surface area (Å²) in [6.45, 7) is 5.89. The fourth-order valence-corrected chi connectivity index (χ4v) is 1.87. The van der Waals surface area contributed by atoms with Crippen LogP contribution in [-0.4, -0.2) is 24.7 Å². The number of carbonyl (C=O) groups excluding carboxylic acids is 2. The summed E-state index contributed by atoms with van der Waals surface area (Å²) in [6.07, 6.45) is 1.78. The van der Waals surface area contributed by atoms with Crippen molar-refractivity contribution in [3.05, 3.63) is 35.9 Å². The first-order valence-corrected chi connectivity index (χ1v) is 8.65. The standard InChI is InChI=1S/C20H27NO4/c1-4-5-6-10-13-18(16(2)3)25-19(22)14-21-20(23)24-15-17-11-8-7-9-12-17/h7-9,11-12,16,18H,4-6,14-15H2,1-3H3,(H,21,23). The Balaban J connectivity index is 2.33. The van der Waals surface area contributed by atoms with Gasteiger partial charge in [0.1, 0.15) is 13.2 Å². The second-order valence-corrected chi connectivity index (χ2v) is 5.99. The van der Waals surface area contributed by atoms with E-state index in [2.05, 4.69) is 24.1 Å². The monoisotopic (exact) mass is 345 g/mol. The van der Waals surface area contributed by atoms with Crippen LogP contribution in [0.4, 0.5) is 4.79 Å². The summed E-state index contributed by atoms with van der Waals surface area (Å²) in [5.74, 6) is 5.58. The molecule has 0 aliphatic rings. The third kappa shape index (κ3) is 9.41. The van der Waals surface area contributed by atoms with Crippen LogP contribution in [0.1, 0.15) is 45.6 Å².